The zero-order chi connectivity index (χ0) is 11.6. The van der Waals surface area contributed by atoms with E-state index in [1.807, 2.05) is 0 Å². The second kappa shape index (κ2) is 9.17. The lowest BCUT2D eigenvalue weighted by molar-refractivity contribution is 0.382. The van der Waals surface area contributed by atoms with Crippen molar-refractivity contribution in [2.24, 2.45) is 5.92 Å². The van der Waals surface area contributed by atoms with Crippen molar-refractivity contribution in [3.05, 3.63) is 0 Å². The van der Waals surface area contributed by atoms with Crippen LogP contribution < -0.4 is 5.32 Å². The van der Waals surface area contributed by atoms with Gasteiger partial charge in [-0.2, -0.15) is 0 Å². The first-order valence-corrected chi connectivity index (χ1v) is 8.37. The molecule has 0 radical (unpaired) electrons. The van der Waals surface area contributed by atoms with Crippen LogP contribution in [0, 0.1) is 5.92 Å². The highest BCUT2D eigenvalue weighted by atomic mass is 32.2. The van der Waals surface area contributed by atoms with Crippen LogP contribution in [-0.4, -0.2) is 28.8 Å². The molecule has 0 amide bonds. The van der Waals surface area contributed by atoms with Gasteiger partial charge in [0.05, 0.1) is 0 Å². The van der Waals surface area contributed by atoms with E-state index >= 15 is 0 Å². The summed E-state index contributed by atoms with van der Waals surface area (Å²) >= 11 is 0. The van der Waals surface area contributed by atoms with Crippen molar-refractivity contribution < 1.29 is 4.21 Å². The first-order valence-electron chi connectivity index (χ1n) is 6.88. The number of rotatable bonds is 10. The van der Waals surface area contributed by atoms with E-state index in [1.165, 1.54) is 44.9 Å². The summed E-state index contributed by atoms with van der Waals surface area (Å²) in [4.78, 5) is 0. The molecule has 0 aromatic heterocycles. The molecule has 1 atom stereocenters. The van der Waals surface area contributed by atoms with Crippen molar-refractivity contribution in [2.75, 3.05) is 24.6 Å². The second-order valence-corrected chi connectivity index (χ2v) is 6.58. The molecule has 1 aliphatic heterocycles. The summed E-state index contributed by atoms with van der Waals surface area (Å²) in [5.41, 5.74) is 0. The lowest BCUT2D eigenvalue weighted by Crippen LogP contribution is -2.44. The Morgan fingerprint density at radius 1 is 1.06 bits per heavy atom. The molecule has 96 valence electrons. The topological polar surface area (TPSA) is 29.1 Å². The van der Waals surface area contributed by atoms with E-state index in [9.17, 15) is 4.21 Å². The Kier molecular flexibility index (Phi) is 8.12. The highest BCUT2D eigenvalue weighted by molar-refractivity contribution is 7.84. The maximum atomic E-state index is 11.7. The lowest BCUT2D eigenvalue weighted by Gasteiger charge is -2.26. The van der Waals surface area contributed by atoms with Crippen molar-refractivity contribution in [1.29, 1.82) is 0 Å². The minimum atomic E-state index is -0.548. The standard InChI is InChI=1S/C13H27NOS/c1-2-3-4-5-6-7-8-9-16(15)12-13-10-14-11-13/h13-14H,2-12H2,1H3. The van der Waals surface area contributed by atoms with Crippen LogP contribution in [0.3, 0.4) is 0 Å². The first kappa shape index (κ1) is 14.2. The largest absolute Gasteiger partial charge is 0.316 e. The number of unbranched alkanes of at least 4 members (excludes halogenated alkanes) is 6. The van der Waals surface area contributed by atoms with E-state index in [0.717, 1.165) is 24.6 Å². The van der Waals surface area contributed by atoms with Crippen LogP contribution in [0.5, 0.6) is 0 Å². The molecule has 0 aromatic rings. The van der Waals surface area contributed by atoms with Gasteiger partial charge in [0.15, 0.2) is 0 Å². The predicted octanol–water partition coefficient (Wildman–Crippen LogP) is 2.71. The summed E-state index contributed by atoms with van der Waals surface area (Å²) in [5.74, 6) is 2.57. The van der Waals surface area contributed by atoms with Gasteiger partial charge in [0.25, 0.3) is 0 Å². The molecule has 0 aliphatic carbocycles. The molecular formula is C13H27NOS. The van der Waals surface area contributed by atoms with Gasteiger partial charge in [0.1, 0.15) is 0 Å². The maximum Gasteiger partial charge on any atom is 0.0287 e. The van der Waals surface area contributed by atoms with E-state index in [4.69, 9.17) is 0 Å². The molecule has 16 heavy (non-hydrogen) atoms. The van der Waals surface area contributed by atoms with Crippen molar-refractivity contribution >= 4 is 10.8 Å². The Bertz CT molecular complexity index is 192. The summed E-state index contributed by atoms with van der Waals surface area (Å²) in [7, 11) is -0.548. The highest BCUT2D eigenvalue weighted by Crippen LogP contribution is 2.09. The SMILES string of the molecule is CCCCCCCCCS(=O)CC1CNC1. The van der Waals surface area contributed by atoms with Gasteiger partial charge in [-0.25, -0.2) is 0 Å². The Hall–Kier alpha value is 0.110. The summed E-state index contributed by atoms with van der Waals surface area (Å²) in [6.45, 7) is 4.42. The minimum absolute atomic E-state index is 0.548. The van der Waals surface area contributed by atoms with E-state index in [-0.39, 0.29) is 0 Å². The van der Waals surface area contributed by atoms with Crippen LogP contribution in [0.4, 0.5) is 0 Å². The van der Waals surface area contributed by atoms with Crippen LogP contribution in [0.15, 0.2) is 0 Å². The molecule has 2 nitrogen and oxygen atoms in total. The van der Waals surface area contributed by atoms with E-state index < -0.39 is 10.8 Å². The average molecular weight is 245 g/mol. The summed E-state index contributed by atoms with van der Waals surface area (Å²) in [5, 5.41) is 3.23. The molecule has 0 spiro atoms. The highest BCUT2D eigenvalue weighted by Gasteiger charge is 2.18. The van der Waals surface area contributed by atoms with Gasteiger partial charge in [-0.15, -0.1) is 0 Å². The molecule has 1 rings (SSSR count). The first-order chi connectivity index (χ1) is 7.83. The van der Waals surface area contributed by atoms with Gasteiger partial charge in [-0.05, 0) is 12.3 Å². The van der Waals surface area contributed by atoms with Crippen molar-refractivity contribution in [3.8, 4) is 0 Å². The molecule has 0 bridgehead atoms. The smallest absolute Gasteiger partial charge is 0.0287 e. The minimum Gasteiger partial charge on any atom is -0.316 e. The van der Waals surface area contributed by atoms with Crippen molar-refractivity contribution in [2.45, 2.75) is 51.9 Å². The zero-order valence-electron chi connectivity index (χ0n) is 10.7. The summed E-state index contributed by atoms with van der Waals surface area (Å²) < 4.78 is 11.7. The third kappa shape index (κ3) is 6.64. The van der Waals surface area contributed by atoms with Crippen LogP contribution >= 0.6 is 0 Å². The van der Waals surface area contributed by atoms with Gasteiger partial charge < -0.3 is 5.32 Å². The Morgan fingerprint density at radius 2 is 1.69 bits per heavy atom. The quantitative estimate of drug-likeness (QED) is 0.600. The molecule has 0 aromatic carbocycles. The zero-order valence-corrected chi connectivity index (χ0v) is 11.5. The molecule has 1 saturated heterocycles. The van der Waals surface area contributed by atoms with Gasteiger partial charge in [-0.1, -0.05) is 45.4 Å². The predicted molar refractivity (Wildman–Crippen MR) is 72.2 cm³/mol. The molecule has 0 saturated carbocycles. The monoisotopic (exact) mass is 245 g/mol. The summed E-state index contributed by atoms with van der Waals surface area (Å²) in [6.07, 6.45) is 9.22. The molecule has 1 N–H and O–H groups in total. The number of hydrogen-bond donors (Lipinski definition) is 1. The van der Waals surface area contributed by atoms with Gasteiger partial charge in [0.2, 0.25) is 0 Å². The van der Waals surface area contributed by atoms with Crippen molar-refractivity contribution in [1.82, 2.24) is 5.32 Å². The van der Waals surface area contributed by atoms with Gasteiger partial charge >= 0.3 is 0 Å². The fraction of sp³-hybridized carbons (Fsp3) is 1.00. The molecule has 1 aliphatic rings. The Labute approximate surface area is 103 Å². The van der Waals surface area contributed by atoms with Crippen molar-refractivity contribution in [3.63, 3.8) is 0 Å². The third-order valence-electron chi connectivity index (χ3n) is 3.26. The van der Waals surface area contributed by atoms with Gasteiger partial charge in [0, 0.05) is 35.4 Å². The van der Waals surface area contributed by atoms with Crippen LogP contribution in [-0.2, 0) is 10.8 Å². The molecule has 1 heterocycles. The fourth-order valence-corrected chi connectivity index (χ4v) is 3.49. The number of hydrogen-bond acceptors (Lipinski definition) is 2. The van der Waals surface area contributed by atoms with E-state index in [0.29, 0.717) is 5.92 Å². The van der Waals surface area contributed by atoms with E-state index in [2.05, 4.69) is 12.2 Å². The van der Waals surface area contributed by atoms with E-state index in [1.54, 1.807) is 0 Å². The fourth-order valence-electron chi connectivity index (χ4n) is 2.03. The molecule has 1 fully saturated rings. The Morgan fingerprint density at radius 3 is 2.25 bits per heavy atom. The lowest BCUT2D eigenvalue weighted by atomic mass is 10.1. The number of nitrogens with one attached hydrogen (secondary N) is 1. The third-order valence-corrected chi connectivity index (χ3v) is 4.85. The van der Waals surface area contributed by atoms with Gasteiger partial charge in [-0.3, -0.25) is 4.21 Å². The van der Waals surface area contributed by atoms with Crippen LogP contribution in [0.1, 0.15) is 51.9 Å². The molecular weight excluding hydrogens is 218 g/mol. The average Bonchev–Trinajstić information content (AvgIpc) is 2.22. The molecule has 3 heteroatoms. The maximum absolute atomic E-state index is 11.7. The Balaban J connectivity index is 1.80. The van der Waals surface area contributed by atoms with Crippen LogP contribution in [0.2, 0.25) is 0 Å². The summed E-state index contributed by atoms with van der Waals surface area (Å²) in [6, 6.07) is 0. The van der Waals surface area contributed by atoms with Crippen LogP contribution in [0.25, 0.3) is 0 Å². The second-order valence-electron chi connectivity index (χ2n) is 4.96. The normalized spacial score (nSPS) is 18.3. The molecule has 1 unspecified atom stereocenters.